The Balaban J connectivity index is 1.88. The predicted molar refractivity (Wildman–Crippen MR) is 96.8 cm³/mol. The van der Waals surface area contributed by atoms with Gasteiger partial charge in [-0.15, -0.1) is 0 Å². The van der Waals surface area contributed by atoms with Crippen LogP contribution in [0.5, 0.6) is 0 Å². The van der Waals surface area contributed by atoms with E-state index in [0.717, 1.165) is 18.4 Å². The number of carbonyl (C=O) groups excluding carboxylic acids is 2. The van der Waals surface area contributed by atoms with Crippen molar-refractivity contribution >= 4 is 12.0 Å². The van der Waals surface area contributed by atoms with Crippen molar-refractivity contribution in [3.63, 3.8) is 0 Å². The minimum Gasteiger partial charge on any atom is -0.445 e. The summed E-state index contributed by atoms with van der Waals surface area (Å²) in [6, 6.07) is 9.08. The van der Waals surface area contributed by atoms with Gasteiger partial charge in [-0.05, 0) is 24.3 Å². The molecule has 25 heavy (non-hydrogen) atoms. The molecule has 0 saturated carbocycles. The van der Waals surface area contributed by atoms with E-state index in [-0.39, 0.29) is 30.6 Å². The Morgan fingerprint density at radius 3 is 2.64 bits per heavy atom. The Labute approximate surface area is 149 Å². The van der Waals surface area contributed by atoms with Crippen molar-refractivity contribution in [1.29, 1.82) is 0 Å². The third kappa shape index (κ3) is 5.19. The van der Waals surface area contributed by atoms with Crippen LogP contribution in [0.15, 0.2) is 30.3 Å². The van der Waals surface area contributed by atoms with Gasteiger partial charge >= 0.3 is 6.09 Å². The number of benzene rings is 1. The molecule has 1 aliphatic heterocycles. The van der Waals surface area contributed by atoms with E-state index in [9.17, 15) is 9.59 Å². The average Bonchev–Trinajstić information content (AvgIpc) is 3.07. The van der Waals surface area contributed by atoms with Crippen molar-refractivity contribution in [3.8, 4) is 0 Å². The Kier molecular flexibility index (Phi) is 6.82. The van der Waals surface area contributed by atoms with Crippen LogP contribution in [0.1, 0.15) is 32.3 Å². The number of rotatable bonds is 6. The molecule has 0 bridgehead atoms. The summed E-state index contributed by atoms with van der Waals surface area (Å²) in [5, 5.41) is 0. The first-order valence-electron chi connectivity index (χ1n) is 8.88. The second-order valence-corrected chi connectivity index (χ2v) is 7.02. The highest BCUT2D eigenvalue weighted by Gasteiger charge is 2.32. The fraction of sp³-hybridized carbons (Fsp3) is 0.579. The van der Waals surface area contributed by atoms with Gasteiger partial charge < -0.3 is 20.3 Å². The molecule has 2 unspecified atom stereocenters. The van der Waals surface area contributed by atoms with Gasteiger partial charge in [-0.1, -0.05) is 44.2 Å². The molecule has 2 rings (SSSR count). The highest BCUT2D eigenvalue weighted by molar-refractivity contribution is 5.81. The summed E-state index contributed by atoms with van der Waals surface area (Å²) >= 11 is 0. The molecule has 1 saturated heterocycles. The van der Waals surface area contributed by atoms with Gasteiger partial charge in [-0.3, -0.25) is 4.79 Å². The molecule has 6 nitrogen and oxygen atoms in total. The summed E-state index contributed by atoms with van der Waals surface area (Å²) in [5.41, 5.74) is 6.91. The SMILES string of the molecule is CC(C)C(N)C(=O)N(C)CC1CCCN1C(=O)OCc1ccccc1. The molecule has 1 aliphatic rings. The summed E-state index contributed by atoms with van der Waals surface area (Å²) in [7, 11) is 1.75. The van der Waals surface area contributed by atoms with Crippen molar-refractivity contribution in [2.45, 2.75) is 45.4 Å². The predicted octanol–water partition coefficient (Wildman–Crippen LogP) is 2.23. The number of nitrogens with zero attached hydrogens (tertiary/aromatic N) is 2. The zero-order chi connectivity index (χ0) is 18.4. The zero-order valence-corrected chi connectivity index (χ0v) is 15.4. The zero-order valence-electron chi connectivity index (χ0n) is 15.4. The maximum absolute atomic E-state index is 12.4. The molecule has 2 N–H and O–H groups in total. The van der Waals surface area contributed by atoms with Crippen molar-refractivity contribution in [1.82, 2.24) is 9.80 Å². The molecular formula is C19H29N3O3. The minimum absolute atomic E-state index is 0.0171. The van der Waals surface area contributed by atoms with E-state index in [1.54, 1.807) is 16.8 Å². The number of hydrogen-bond acceptors (Lipinski definition) is 4. The number of nitrogens with two attached hydrogens (primary N) is 1. The molecule has 138 valence electrons. The van der Waals surface area contributed by atoms with Crippen LogP contribution in [0.25, 0.3) is 0 Å². The topological polar surface area (TPSA) is 75.9 Å². The summed E-state index contributed by atoms with van der Waals surface area (Å²) in [6.07, 6.45) is 1.47. The molecule has 0 aromatic heterocycles. The van der Waals surface area contributed by atoms with E-state index in [1.165, 1.54) is 0 Å². The van der Waals surface area contributed by atoms with Crippen molar-refractivity contribution in [3.05, 3.63) is 35.9 Å². The number of likely N-dealkylation sites (N-methyl/N-ethyl adjacent to an activating group) is 1. The number of carbonyl (C=O) groups is 2. The molecule has 0 spiro atoms. The number of likely N-dealkylation sites (tertiary alicyclic amines) is 1. The van der Waals surface area contributed by atoms with Gasteiger partial charge in [0.15, 0.2) is 0 Å². The quantitative estimate of drug-likeness (QED) is 0.856. The number of amides is 2. The number of ether oxygens (including phenoxy) is 1. The largest absolute Gasteiger partial charge is 0.445 e. The Morgan fingerprint density at radius 2 is 2.00 bits per heavy atom. The van der Waals surface area contributed by atoms with Gasteiger partial charge in [-0.25, -0.2) is 4.79 Å². The van der Waals surface area contributed by atoms with E-state index < -0.39 is 6.04 Å². The first-order chi connectivity index (χ1) is 11.9. The average molecular weight is 347 g/mol. The molecule has 1 heterocycles. The Bertz CT molecular complexity index is 577. The summed E-state index contributed by atoms with van der Waals surface area (Å²) in [6.45, 7) is 5.27. The Hall–Kier alpha value is -2.08. The summed E-state index contributed by atoms with van der Waals surface area (Å²) < 4.78 is 5.43. The van der Waals surface area contributed by atoms with Crippen LogP contribution in [0.3, 0.4) is 0 Å². The van der Waals surface area contributed by atoms with Crippen LogP contribution in [-0.2, 0) is 16.1 Å². The van der Waals surface area contributed by atoms with E-state index >= 15 is 0 Å². The highest BCUT2D eigenvalue weighted by Crippen LogP contribution is 2.20. The second kappa shape index (κ2) is 8.85. The van der Waals surface area contributed by atoms with Gasteiger partial charge in [0.05, 0.1) is 12.1 Å². The summed E-state index contributed by atoms with van der Waals surface area (Å²) in [4.78, 5) is 28.1. The molecule has 1 aromatic rings. The molecule has 1 aromatic carbocycles. The molecule has 2 amide bonds. The monoisotopic (exact) mass is 347 g/mol. The highest BCUT2D eigenvalue weighted by atomic mass is 16.6. The van der Waals surface area contributed by atoms with Gasteiger partial charge in [0.1, 0.15) is 6.61 Å². The maximum atomic E-state index is 12.4. The van der Waals surface area contributed by atoms with Crippen molar-refractivity contribution in [2.75, 3.05) is 20.1 Å². The fourth-order valence-corrected chi connectivity index (χ4v) is 3.01. The lowest BCUT2D eigenvalue weighted by molar-refractivity contribution is -0.132. The third-order valence-electron chi connectivity index (χ3n) is 4.68. The lowest BCUT2D eigenvalue weighted by Crippen LogP contribution is -2.49. The van der Waals surface area contributed by atoms with Gasteiger partial charge in [0, 0.05) is 20.1 Å². The lowest BCUT2D eigenvalue weighted by Gasteiger charge is -2.30. The van der Waals surface area contributed by atoms with Gasteiger partial charge in [0.2, 0.25) is 5.91 Å². The van der Waals surface area contributed by atoms with Crippen LogP contribution in [0.4, 0.5) is 4.79 Å². The van der Waals surface area contributed by atoms with E-state index in [2.05, 4.69) is 0 Å². The standard InChI is InChI=1S/C19H29N3O3/c1-14(2)17(20)18(23)21(3)12-16-10-7-11-22(16)19(24)25-13-15-8-5-4-6-9-15/h4-6,8-9,14,16-17H,7,10-13,20H2,1-3H3. The molecule has 0 aliphatic carbocycles. The summed E-state index contributed by atoms with van der Waals surface area (Å²) in [5.74, 6) is 0.00460. The second-order valence-electron chi connectivity index (χ2n) is 7.02. The first kappa shape index (κ1) is 19.2. The normalized spacial score (nSPS) is 18.3. The molecule has 6 heteroatoms. The number of hydrogen-bond donors (Lipinski definition) is 1. The molecule has 2 atom stereocenters. The van der Waals surface area contributed by atoms with E-state index in [1.807, 2.05) is 44.2 Å². The van der Waals surface area contributed by atoms with Crippen LogP contribution < -0.4 is 5.73 Å². The van der Waals surface area contributed by atoms with E-state index in [0.29, 0.717) is 13.1 Å². The van der Waals surface area contributed by atoms with Crippen molar-refractivity contribution < 1.29 is 14.3 Å². The lowest BCUT2D eigenvalue weighted by atomic mass is 10.0. The van der Waals surface area contributed by atoms with Crippen LogP contribution >= 0.6 is 0 Å². The van der Waals surface area contributed by atoms with Gasteiger partial charge in [-0.2, -0.15) is 0 Å². The fourth-order valence-electron chi connectivity index (χ4n) is 3.01. The van der Waals surface area contributed by atoms with Crippen LogP contribution in [0.2, 0.25) is 0 Å². The Morgan fingerprint density at radius 1 is 1.32 bits per heavy atom. The van der Waals surface area contributed by atoms with Crippen molar-refractivity contribution in [2.24, 2.45) is 11.7 Å². The third-order valence-corrected chi connectivity index (χ3v) is 4.68. The molecule has 0 radical (unpaired) electrons. The van der Waals surface area contributed by atoms with E-state index in [4.69, 9.17) is 10.5 Å². The molecule has 1 fully saturated rings. The first-order valence-corrected chi connectivity index (χ1v) is 8.88. The van der Waals surface area contributed by atoms with Gasteiger partial charge in [0.25, 0.3) is 0 Å². The minimum atomic E-state index is -0.509. The molecular weight excluding hydrogens is 318 g/mol. The smallest absolute Gasteiger partial charge is 0.410 e. The van der Waals surface area contributed by atoms with Crippen LogP contribution in [0, 0.1) is 5.92 Å². The maximum Gasteiger partial charge on any atom is 0.410 e. The van der Waals surface area contributed by atoms with Crippen LogP contribution in [-0.4, -0.2) is 54.0 Å².